The number of carbonyl (C=O) groups is 1. The second kappa shape index (κ2) is 7.45. The highest BCUT2D eigenvalue weighted by molar-refractivity contribution is 5.94. The number of benzene rings is 1. The normalized spacial score (nSPS) is 14.3. The summed E-state index contributed by atoms with van der Waals surface area (Å²) in [6, 6.07) is 11.1. The van der Waals surface area contributed by atoms with Crippen molar-refractivity contribution < 1.29 is 9.53 Å². The van der Waals surface area contributed by atoms with Gasteiger partial charge in [-0.15, -0.1) is 10.2 Å². The smallest absolute Gasteiger partial charge is 0.254 e. The van der Waals surface area contributed by atoms with Crippen LogP contribution >= 0.6 is 0 Å². The largest absolute Gasteiger partial charge is 0.497 e. The fraction of sp³-hybridized carbons (Fsp3) is 0.263. The number of hydrogen-bond acceptors (Lipinski definition) is 6. The molecule has 0 radical (unpaired) electrons. The first kappa shape index (κ1) is 17.0. The monoisotopic (exact) mass is 364 g/mol. The van der Waals surface area contributed by atoms with Gasteiger partial charge in [-0.3, -0.25) is 9.36 Å². The lowest BCUT2D eigenvalue weighted by Gasteiger charge is -2.35. The van der Waals surface area contributed by atoms with Crippen molar-refractivity contribution in [2.75, 3.05) is 38.2 Å². The van der Waals surface area contributed by atoms with Crippen molar-refractivity contribution in [1.82, 2.24) is 24.6 Å². The maximum Gasteiger partial charge on any atom is 0.254 e. The Bertz CT molecular complexity index is 902. The fourth-order valence-electron chi connectivity index (χ4n) is 3.10. The molecular weight excluding hydrogens is 344 g/mol. The van der Waals surface area contributed by atoms with Gasteiger partial charge < -0.3 is 14.5 Å². The molecule has 1 aliphatic heterocycles. The zero-order valence-corrected chi connectivity index (χ0v) is 15.0. The summed E-state index contributed by atoms with van der Waals surface area (Å²) in [5, 5.41) is 8.57. The van der Waals surface area contributed by atoms with Crippen molar-refractivity contribution in [3.63, 3.8) is 0 Å². The summed E-state index contributed by atoms with van der Waals surface area (Å²) in [4.78, 5) is 20.7. The van der Waals surface area contributed by atoms with Crippen LogP contribution in [0.2, 0.25) is 0 Å². The summed E-state index contributed by atoms with van der Waals surface area (Å²) in [5.74, 6) is 2.25. The number of imidazole rings is 1. The number of amides is 1. The maximum atomic E-state index is 12.7. The average Bonchev–Trinajstić information content (AvgIpc) is 3.28. The first-order valence-electron chi connectivity index (χ1n) is 8.75. The van der Waals surface area contributed by atoms with Crippen LogP contribution in [0.1, 0.15) is 10.4 Å². The summed E-state index contributed by atoms with van der Waals surface area (Å²) >= 11 is 0. The first-order valence-corrected chi connectivity index (χ1v) is 8.75. The molecule has 0 saturated carbocycles. The molecule has 8 heteroatoms. The van der Waals surface area contributed by atoms with Crippen molar-refractivity contribution in [2.24, 2.45) is 0 Å². The molecule has 0 N–H and O–H groups in total. The van der Waals surface area contributed by atoms with Crippen molar-refractivity contribution in [1.29, 1.82) is 0 Å². The van der Waals surface area contributed by atoms with Crippen LogP contribution in [-0.2, 0) is 0 Å². The van der Waals surface area contributed by atoms with Gasteiger partial charge in [0.1, 0.15) is 12.1 Å². The Morgan fingerprint density at radius 3 is 2.48 bits per heavy atom. The Kier molecular flexibility index (Phi) is 4.69. The Morgan fingerprint density at radius 2 is 1.81 bits per heavy atom. The predicted molar refractivity (Wildman–Crippen MR) is 100 cm³/mol. The van der Waals surface area contributed by atoms with E-state index in [1.165, 1.54) is 0 Å². The molecule has 1 fully saturated rings. The third kappa shape index (κ3) is 3.59. The van der Waals surface area contributed by atoms with E-state index < -0.39 is 0 Å². The van der Waals surface area contributed by atoms with Gasteiger partial charge in [-0.1, -0.05) is 6.07 Å². The van der Waals surface area contributed by atoms with Crippen LogP contribution < -0.4 is 9.64 Å². The predicted octanol–water partition coefficient (Wildman–Crippen LogP) is 1.63. The SMILES string of the molecule is COc1cccc(C(=O)N2CCN(c3ccc(-n4ccnc4)nn3)CC2)c1. The molecule has 0 bridgehead atoms. The molecule has 0 atom stereocenters. The van der Waals surface area contributed by atoms with E-state index in [2.05, 4.69) is 20.1 Å². The summed E-state index contributed by atoms with van der Waals surface area (Å²) in [6.07, 6.45) is 5.22. The van der Waals surface area contributed by atoms with Gasteiger partial charge in [-0.05, 0) is 30.3 Å². The highest BCUT2D eigenvalue weighted by Gasteiger charge is 2.23. The van der Waals surface area contributed by atoms with Crippen LogP contribution in [0.15, 0.2) is 55.1 Å². The Morgan fingerprint density at radius 1 is 1.04 bits per heavy atom. The van der Waals surface area contributed by atoms with Gasteiger partial charge in [0.25, 0.3) is 5.91 Å². The Labute approximate surface area is 157 Å². The second-order valence-electron chi connectivity index (χ2n) is 6.23. The second-order valence-corrected chi connectivity index (χ2v) is 6.23. The highest BCUT2D eigenvalue weighted by atomic mass is 16.5. The van der Waals surface area contributed by atoms with E-state index in [1.54, 1.807) is 25.7 Å². The molecular formula is C19H20N6O2. The minimum absolute atomic E-state index is 0.0232. The molecule has 8 nitrogen and oxygen atoms in total. The number of rotatable bonds is 4. The van der Waals surface area contributed by atoms with Crippen LogP contribution in [0.4, 0.5) is 5.82 Å². The number of anilines is 1. The molecule has 3 heterocycles. The number of piperazine rings is 1. The van der Waals surface area contributed by atoms with Gasteiger partial charge in [-0.2, -0.15) is 0 Å². The molecule has 4 rings (SSSR count). The van der Waals surface area contributed by atoms with Gasteiger partial charge in [0.05, 0.1) is 7.11 Å². The lowest BCUT2D eigenvalue weighted by atomic mass is 10.1. The number of ether oxygens (including phenoxy) is 1. The zero-order valence-electron chi connectivity index (χ0n) is 15.0. The van der Waals surface area contributed by atoms with Gasteiger partial charge in [0, 0.05) is 44.1 Å². The van der Waals surface area contributed by atoms with E-state index in [-0.39, 0.29) is 5.91 Å². The third-order valence-corrected chi connectivity index (χ3v) is 4.61. The molecule has 0 unspecified atom stereocenters. The average molecular weight is 364 g/mol. The van der Waals surface area contributed by atoms with Gasteiger partial charge in [0.15, 0.2) is 11.6 Å². The minimum Gasteiger partial charge on any atom is -0.497 e. The van der Waals surface area contributed by atoms with Crippen molar-refractivity contribution in [3.05, 3.63) is 60.7 Å². The molecule has 1 amide bonds. The van der Waals surface area contributed by atoms with Crippen molar-refractivity contribution >= 4 is 11.7 Å². The van der Waals surface area contributed by atoms with E-state index >= 15 is 0 Å². The number of aromatic nitrogens is 4. The van der Waals surface area contributed by atoms with E-state index in [4.69, 9.17) is 4.74 Å². The lowest BCUT2D eigenvalue weighted by Crippen LogP contribution is -2.49. The summed E-state index contributed by atoms with van der Waals surface area (Å²) in [6.45, 7) is 2.71. The highest BCUT2D eigenvalue weighted by Crippen LogP contribution is 2.18. The number of carbonyl (C=O) groups excluding carboxylic acids is 1. The number of hydrogen-bond donors (Lipinski definition) is 0. The molecule has 1 saturated heterocycles. The topological polar surface area (TPSA) is 76.4 Å². The number of nitrogens with zero attached hydrogens (tertiary/aromatic N) is 6. The van der Waals surface area contributed by atoms with Crippen LogP contribution in [0.3, 0.4) is 0 Å². The quantitative estimate of drug-likeness (QED) is 0.700. The van der Waals surface area contributed by atoms with E-state index in [0.29, 0.717) is 24.4 Å². The zero-order chi connectivity index (χ0) is 18.6. The first-order chi connectivity index (χ1) is 13.2. The summed E-state index contributed by atoms with van der Waals surface area (Å²) in [7, 11) is 1.60. The van der Waals surface area contributed by atoms with Crippen LogP contribution in [0.25, 0.3) is 5.82 Å². The maximum absolute atomic E-state index is 12.7. The fourth-order valence-corrected chi connectivity index (χ4v) is 3.10. The molecule has 3 aromatic rings. The molecule has 1 aliphatic rings. The standard InChI is InChI=1S/C19H20N6O2/c1-27-16-4-2-3-15(13-16)19(26)24-11-9-23(10-12-24)17-5-6-18(22-21-17)25-8-7-20-14-25/h2-8,13-14H,9-12H2,1H3. The molecule has 0 spiro atoms. The van der Waals surface area contributed by atoms with Crippen LogP contribution in [0, 0.1) is 0 Å². The van der Waals surface area contributed by atoms with Crippen molar-refractivity contribution in [3.8, 4) is 11.6 Å². The summed E-state index contributed by atoms with van der Waals surface area (Å²) in [5.41, 5.74) is 0.646. The number of methoxy groups -OCH3 is 1. The van der Waals surface area contributed by atoms with Crippen LogP contribution in [0.5, 0.6) is 5.75 Å². The van der Waals surface area contributed by atoms with E-state index in [9.17, 15) is 4.79 Å². The molecule has 27 heavy (non-hydrogen) atoms. The van der Waals surface area contributed by atoms with E-state index in [1.807, 2.05) is 46.0 Å². The summed E-state index contributed by atoms with van der Waals surface area (Å²) < 4.78 is 7.01. The Balaban J connectivity index is 1.39. The molecule has 1 aromatic carbocycles. The molecule has 0 aliphatic carbocycles. The van der Waals surface area contributed by atoms with Gasteiger partial charge in [-0.25, -0.2) is 4.98 Å². The lowest BCUT2D eigenvalue weighted by molar-refractivity contribution is 0.0746. The Hall–Kier alpha value is -3.42. The third-order valence-electron chi connectivity index (χ3n) is 4.61. The van der Waals surface area contributed by atoms with Crippen LogP contribution in [-0.4, -0.2) is 63.8 Å². The van der Waals surface area contributed by atoms with Crippen molar-refractivity contribution in [2.45, 2.75) is 0 Å². The minimum atomic E-state index is 0.0232. The van der Waals surface area contributed by atoms with E-state index in [0.717, 1.165) is 24.7 Å². The van der Waals surface area contributed by atoms with Gasteiger partial charge in [0.2, 0.25) is 0 Å². The van der Waals surface area contributed by atoms with Gasteiger partial charge >= 0.3 is 0 Å². The molecule has 2 aromatic heterocycles. The molecule has 138 valence electrons.